The number of amides is 1. The highest BCUT2D eigenvalue weighted by atomic mass is 32.1. The number of anilines is 1. The van der Waals surface area contributed by atoms with Crippen molar-refractivity contribution < 1.29 is 9.53 Å². The summed E-state index contributed by atoms with van der Waals surface area (Å²) in [5.41, 5.74) is 3.86. The summed E-state index contributed by atoms with van der Waals surface area (Å²) in [6.45, 7) is 5.81. The van der Waals surface area contributed by atoms with E-state index in [0.717, 1.165) is 37.4 Å². The third-order valence-corrected chi connectivity index (χ3v) is 5.96. The maximum Gasteiger partial charge on any atom is 0.232 e. The molecule has 0 spiro atoms. The van der Waals surface area contributed by atoms with Crippen LogP contribution in [0.15, 0.2) is 30.0 Å². The number of pyridine rings is 1. The molecule has 0 saturated carbocycles. The molecule has 0 aliphatic carbocycles. The lowest BCUT2D eigenvalue weighted by Gasteiger charge is -2.36. The summed E-state index contributed by atoms with van der Waals surface area (Å²) in [6, 6.07) is 3.80. The van der Waals surface area contributed by atoms with Crippen LogP contribution in [0.2, 0.25) is 0 Å². The van der Waals surface area contributed by atoms with E-state index in [-0.39, 0.29) is 17.9 Å². The quantitative estimate of drug-likeness (QED) is 0.841. The Labute approximate surface area is 151 Å². The number of carbonyl (C=O) groups is 1. The Morgan fingerprint density at radius 2 is 2.32 bits per heavy atom. The second kappa shape index (κ2) is 7.19. The minimum Gasteiger partial charge on any atom is -0.374 e. The van der Waals surface area contributed by atoms with E-state index in [2.05, 4.69) is 21.8 Å². The number of hydrogen-bond donors (Lipinski definition) is 0. The van der Waals surface area contributed by atoms with Gasteiger partial charge in [0.2, 0.25) is 5.91 Å². The summed E-state index contributed by atoms with van der Waals surface area (Å²) >= 11 is 1.70. The monoisotopic (exact) mass is 358 g/mol. The van der Waals surface area contributed by atoms with E-state index in [1.165, 1.54) is 4.88 Å². The topological polar surface area (TPSA) is 58.6 Å². The molecule has 2 atom stereocenters. The molecule has 2 saturated heterocycles. The van der Waals surface area contributed by atoms with Crippen LogP contribution in [-0.4, -0.2) is 53.1 Å². The number of aryl methyl sites for hydroxylation is 1. The number of aromatic nitrogens is 2. The molecule has 2 aliphatic heterocycles. The fourth-order valence-electron chi connectivity index (χ4n) is 3.63. The number of thiazole rings is 1. The molecule has 0 N–H and O–H groups in total. The third-order valence-electron chi connectivity index (χ3n) is 5.04. The van der Waals surface area contributed by atoms with Gasteiger partial charge in [0.15, 0.2) is 0 Å². The lowest BCUT2D eigenvalue weighted by Crippen LogP contribution is -2.49. The van der Waals surface area contributed by atoms with Crippen molar-refractivity contribution in [3.63, 3.8) is 0 Å². The predicted molar refractivity (Wildman–Crippen MR) is 96.6 cm³/mol. The van der Waals surface area contributed by atoms with Crippen LogP contribution in [0.25, 0.3) is 0 Å². The second-order valence-electron chi connectivity index (χ2n) is 6.60. The number of hydrogen-bond acceptors (Lipinski definition) is 6. The van der Waals surface area contributed by atoms with Gasteiger partial charge >= 0.3 is 0 Å². The van der Waals surface area contributed by atoms with Gasteiger partial charge in [-0.2, -0.15) is 0 Å². The minimum atomic E-state index is -0.0680. The van der Waals surface area contributed by atoms with E-state index in [0.29, 0.717) is 13.2 Å². The second-order valence-corrected chi connectivity index (χ2v) is 7.54. The molecule has 2 aromatic heterocycles. The van der Waals surface area contributed by atoms with Crippen LogP contribution < -0.4 is 4.90 Å². The van der Waals surface area contributed by atoms with E-state index >= 15 is 0 Å². The summed E-state index contributed by atoms with van der Waals surface area (Å²) in [5, 5.41) is 0. The van der Waals surface area contributed by atoms with Crippen molar-refractivity contribution in [1.82, 2.24) is 14.9 Å². The van der Waals surface area contributed by atoms with Crippen molar-refractivity contribution in [2.24, 2.45) is 5.92 Å². The average molecular weight is 358 g/mol. The molecule has 1 amide bonds. The fraction of sp³-hybridized carbons (Fsp3) is 0.500. The number of likely N-dealkylation sites (tertiary alicyclic amines) is 1. The Balaban J connectivity index is 1.46. The van der Waals surface area contributed by atoms with Gasteiger partial charge in [-0.05, 0) is 32.0 Å². The largest absolute Gasteiger partial charge is 0.374 e. The zero-order chi connectivity index (χ0) is 17.2. The van der Waals surface area contributed by atoms with Crippen LogP contribution in [-0.2, 0) is 16.1 Å². The number of carbonyl (C=O) groups excluding carboxylic acids is 1. The first-order valence-electron chi connectivity index (χ1n) is 8.66. The molecule has 2 fully saturated rings. The fourth-order valence-corrected chi connectivity index (χ4v) is 4.45. The SMILES string of the molecule is Cc1ncsc1CN1CC[C@H]2C(=O)N(c3cccnc3)CCO[C@H]2C1. The number of piperidine rings is 1. The van der Waals surface area contributed by atoms with Gasteiger partial charge in [-0.3, -0.25) is 14.7 Å². The van der Waals surface area contributed by atoms with Crippen LogP contribution in [0.1, 0.15) is 17.0 Å². The van der Waals surface area contributed by atoms with Gasteiger partial charge in [-0.1, -0.05) is 0 Å². The van der Waals surface area contributed by atoms with Crippen LogP contribution in [0.3, 0.4) is 0 Å². The highest BCUT2D eigenvalue weighted by molar-refractivity contribution is 7.09. The van der Waals surface area contributed by atoms with Gasteiger partial charge in [0.25, 0.3) is 0 Å². The highest BCUT2D eigenvalue weighted by Gasteiger charge is 2.39. The molecule has 0 radical (unpaired) electrons. The van der Waals surface area contributed by atoms with Gasteiger partial charge in [0.05, 0.1) is 41.7 Å². The summed E-state index contributed by atoms with van der Waals surface area (Å²) in [5.74, 6) is 0.102. The maximum atomic E-state index is 13.0. The van der Waals surface area contributed by atoms with Gasteiger partial charge in [0.1, 0.15) is 0 Å². The Morgan fingerprint density at radius 1 is 1.40 bits per heavy atom. The first kappa shape index (κ1) is 16.6. The van der Waals surface area contributed by atoms with Crippen molar-refractivity contribution >= 4 is 22.9 Å². The molecule has 0 unspecified atom stereocenters. The standard InChI is InChI=1S/C18H22N4O2S/c1-13-17(25-12-20-13)11-21-6-4-15-16(10-21)24-8-7-22(18(15)23)14-3-2-5-19-9-14/h2-3,5,9,12,15-16H,4,6-8,10-11H2,1H3/t15-,16+/m1/s1. The average Bonchev–Trinajstić information content (AvgIpc) is 2.96. The van der Waals surface area contributed by atoms with Crippen LogP contribution >= 0.6 is 11.3 Å². The summed E-state index contributed by atoms with van der Waals surface area (Å²) in [6.07, 6.45) is 4.28. The van der Waals surface area contributed by atoms with Gasteiger partial charge in [0, 0.05) is 30.7 Å². The van der Waals surface area contributed by atoms with E-state index < -0.39 is 0 Å². The molecule has 2 aromatic rings. The lowest BCUT2D eigenvalue weighted by molar-refractivity contribution is -0.128. The Morgan fingerprint density at radius 3 is 3.08 bits per heavy atom. The van der Waals surface area contributed by atoms with Crippen molar-refractivity contribution in [2.45, 2.75) is 26.0 Å². The molecule has 132 valence electrons. The van der Waals surface area contributed by atoms with Crippen LogP contribution in [0.5, 0.6) is 0 Å². The molecule has 7 heteroatoms. The first-order valence-corrected chi connectivity index (χ1v) is 9.54. The molecule has 4 rings (SSSR count). The van der Waals surface area contributed by atoms with E-state index in [1.807, 2.05) is 22.5 Å². The smallest absolute Gasteiger partial charge is 0.232 e. The lowest BCUT2D eigenvalue weighted by atomic mass is 9.92. The predicted octanol–water partition coefficient (Wildman–Crippen LogP) is 2.10. The van der Waals surface area contributed by atoms with Crippen molar-refractivity contribution in [3.05, 3.63) is 40.6 Å². The summed E-state index contributed by atoms with van der Waals surface area (Å²) in [4.78, 5) is 27.0. The maximum absolute atomic E-state index is 13.0. The van der Waals surface area contributed by atoms with E-state index in [1.54, 1.807) is 23.7 Å². The number of nitrogens with zero attached hydrogens (tertiary/aromatic N) is 4. The molecule has 2 aliphatic rings. The summed E-state index contributed by atoms with van der Waals surface area (Å²) < 4.78 is 6.07. The van der Waals surface area contributed by atoms with E-state index in [9.17, 15) is 4.79 Å². The van der Waals surface area contributed by atoms with Crippen molar-refractivity contribution in [3.8, 4) is 0 Å². The normalized spacial score (nSPS) is 24.8. The summed E-state index contributed by atoms with van der Waals surface area (Å²) in [7, 11) is 0. The zero-order valence-electron chi connectivity index (χ0n) is 14.3. The molecule has 0 bridgehead atoms. The Hall–Kier alpha value is -1.83. The van der Waals surface area contributed by atoms with Crippen molar-refractivity contribution in [1.29, 1.82) is 0 Å². The Bertz CT molecular complexity index is 736. The molecule has 6 nitrogen and oxygen atoms in total. The molecular formula is C18H22N4O2S. The number of ether oxygens (including phenoxy) is 1. The Kier molecular flexibility index (Phi) is 4.78. The zero-order valence-corrected chi connectivity index (χ0v) is 15.1. The molecule has 0 aromatic carbocycles. The molecular weight excluding hydrogens is 336 g/mol. The van der Waals surface area contributed by atoms with Crippen LogP contribution in [0.4, 0.5) is 5.69 Å². The van der Waals surface area contributed by atoms with E-state index in [4.69, 9.17) is 4.74 Å². The van der Waals surface area contributed by atoms with Gasteiger partial charge < -0.3 is 9.64 Å². The third kappa shape index (κ3) is 3.44. The minimum absolute atomic E-state index is 0.0313. The van der Waals surface area contributed by atoms with Gasteiger partial charge in [-0.15, -0.1) is 11.3 Å². The highest BCUT2D eigenvalue weighted by Crippen LogP contribution is 2.29. The van der Waals surface area contributed by atoms with Gasteiger partial charge in [-0.25, -0.2) is 4.98 Å². The van der Waals surface area contributed by atoms with Crippen LogP contribution in [0, 0.1) is 12.8 Å². The molecule has 25 heavy (non-hydrogen) atoms. The molecule has 4 heterocycles. The van der Waals surface area contributed by atoms with Crippen molar-refractivity contribution in [2.75, 3.05) is 31.1 Å². The first-order chi connectivity index (χ1) is 12.2. The number of rotatable bonds is 3. The number of fused-ring (bicyclic) bond motifs is 1.